The third-order valence-corrected chi connectivity index (χ3v) is 8.90. The van der Waals surface area contributed by atoms with E-state index in [4.69, 9.17) is 5.11 Å². The second-order valence-electron chi connectivity index (χ2n) is 11.0. The van der Waals surface area contributed by atoms with Crippen LogP contribution in [0.4, 0.5) is 13.2 Å². The number of benzene rings is 2. The highest BCUT2D eigenvalue weighted by molar-refractivity contribution is 7.89. The molecule has 2 aromatic rings. The third kappa shape index (κ3) is 8.63. The van der Waals surface area contributed by atoms with Gasteiger partial charge in [0.05, 0.1) is 16.6 Å². The molecule has 1 atom stereocenters. The smallest absolute Gasteiger partial charge is 0.417 e. The summed E-state index contributed by atoms with van der Waals surface area (Å²) in [5, 5.41) is 22.6. The molecule has 0 radical (unpaired) electrons. The highest BCUT2D eigenvalue weighted by Crippen LogP contribution is 2.35. The molecule has 0 aliphatic heterocycles. The van der Waals surface area contributed by atoms with Gasteiger partial charge in [0.2, 0.25) is 10.0 Å². The van der Waals surface area contributed by atoms with Gasteiger partial charge >= 0.3 is 12.1 Å². The molecule has 2 aromatic carbocycles. The van der Waals surface area contributed by atoms with Crippen molar-refractivity contribution in [2.75, 3.05) is 20.1 Å². The Hall–Kier alpha value is -2.73. The van der Waals surface area contributed by atoms with Gasteiger partial charge in [0.15, 0.2) is 0 Å². The predicted octanol–water partition coefficient (Wildman–Crippen LogP) is 4.74. The van der Waals surface area contributed by atoms with Crippen molar-refractivity contribution >= 4 is 22.1 Å². The largest absolute Gasteiger partial charge is 0.481 e. The summed E-state index contributed by atoms with van der Waals surface area (Å²) in [5.74, 6) is -0.621. The molecule has 0 spiro atoms. The van der Waals surface area contributed by atoms with Crippen molar-refractivity contribution < 1.29 is 36.6 Å². The van der Waals surface area contributed by atoms with Crippen molar-refractivity contribution in [3.63, 3.8) is 0 Å². The van der Waals surface area contributed by atoms with Crippen LogP contribution in [0.2, 0.25) is 0 Å². The first-order valence-electron chi connectivity index (χ1n) is 13.1. The minimum Gasteiger partial charge on any atom is -0.481 e. The minimum absolute atomic E-state index is 0.0342. The monoisotopic (exact) mass is 582 g/mol. The number of sulfonamides is 1. The van der Waals surface area contributed by atoms with E-state index >= 15 is 0 Å². The van der Waals surface area contributed by atoms with Crippen LogP contribution in [0.15, 0.2) is 53.4 Å². The molecule has 0 unspecified atom stereocenters. The van der Waals surface area contributed by atoms with Gasteiger partial charge in [-0.05, 0) is 74.3 Å². The molecule has 0 saturated heterocycles. The van der Waals surface area contributed by atoms with E-state index in [1.807, 2.05) is 26.0 Å². The molecule has 0 aromatic heterocycles. The number of halogens is 3. The van der Waals surface area contributed by atoms with E-state index in [0.717, 1.165) is 41.8 Å². The molecular formula is C29H37F3N2O5S. The van der Waals surface area contributed by atoms with E-state index < -0.39 is 38.7 Å². The lowest BCUT2D eigenvalue weighted by molar-refractivity contribution is -0.138. The van der Waals surface area contributed by atoms with E-state index in [-0.39, 0.29) is 37.0 Å². The van der Waals surface area contributed by atoms with Gasteiger partial charge in [0.1, 0.15) is 0 Å². The van der Waals surface area contributed by atoms with Gasteiger partial charge in [-0.25, -0.2) is 8.42 Å². The first-order chi connectivity index (χ1) is 18.6. The SMILES string of the molecule is CN(C[C@H](O)CNC(C)(C)CC1Cc2ccccc2C1)S(=O)(=O)c1ccc(C=CCCC(=O)O)c(C(F)(F)F)c1. The maximum absolute atomic E-state index is 13.7. The third-order valence-electron chi connectivity index (χ3n) is 7.08. The zero-order valence-electron chi connectivity index (χ0n) is 22.9. The number of fused-ring (bicyclic) bond motifs is 1. The maximum Gasteiger partial charge on any atom is 0.417 e. The van der Waals surface area contributed by atoms with Gasteiger partial charge < -0.3 is 15.5 Å². The standard InChI is InChI=1S/C29H37F3N2O5S/c1-28(2,17-20-14-22-9-4-5-10-23(22)15-20)33-18-24(35)19-34(3)40(38,39)25-13-12-21(8-6-7-11-27(36)37)26(16-25)29(30,31)32/h4-6,8-10,12-13,16,20,24,33,35H,7,11,14-15,17-19H2,1-3H3,(H,36,37)/t24-/m1/s1. The summed E-state index contributed by atoms with van der Waals surface area (Å²) >= 11 is 0. The van der Waals surface area contributed by atoms with E-state index in [1.54, 1.807) is 0 Å². The van der Waals surface area contributed by atoms with Gasteiger partial charge in [0.25, 0.3) is 0 Å². The van der Waals surface area contributed by atoms with Crippen LogP contribution in [0.1, 0.15) is 55.4 Å². The summed E-state index contributed by atoms with van der Waals surface area (Å²) < 4.78 is 68.1. The number of nitrogens with one attached hydrogen (secondary N) is 1. The van der Waals surface area contributed by atoms with Gasteiger partial charge in [0, 0.05) is 32.1 Å². The van der Waals surface area contributed by atoms with Crippen molar-refractivity contribution in [2.24, 2.45) is 5.92 Å². The molecule has 3 rings (SSSR count). The number of carboxylic acid groups (broad SMARTS) is 1. The second-order valence-corrected chi connectivity index (χ2v) is 13.1. The van der Waals surface area contributed by atoms with Crippen molar-refractivity contribution in [3.05, 3.63) is 70.8 Å². The van der Waals surface area contributed by atoms with Crippen molar-refractivity contribution in [1.82, 2.24) is 9.62 Å². The van der Waals surface area contributed by atoms with Crippen LogP contribution in [0, 0.1) is 5.92 Å². The highest BCUT2D eigenvalue weighted by Gasteiger charge is 2.35. The Bertz CT molecular complexity index is 1300. The molecular weight excluding hydrogens is 545 g/mol. The molecule has 220 valence electrons. The zero-order valence-corrected chi connectivity index (χ0v) is 23.7. The number of carbonyl (C=O) groups is 1. The van der Waals surface area contributed by atoms with Crippen LogP contribution in [-0.4, -0.2) is 60.7 Å². The number of aliphatic carboxylic acids is 1. The molecule has 7 nitrogen and oxygen atoms in total. The Morgan fingerprint density at radius 2 is 1.77 bits per heavy atom. The number of likely N-dealkylation sites (N-methyl/N-ethyl adjacent to an activating group) is 1. The summed E-state index contributed by atoms with van der Waals surface area (Å²) in [6.45, 7) is 3.86. The number of carboxylic acids is 1. The number of nitrogens with zero attached hydrogens (tertiary/aromatic N) is 1. The maximum atomic E-state index is 13.7. The fraction of sp³-hybridized carbons (Fsp3) is 0.483. The first-order valence-corrected chi connectivity index (χ1v) is 14.6. The Balaban J connectivity index is 1.61. The molecule has 1 aliphatic carbocycles. The van der Waals surface area contributed by atoms with E-state index in [1.165, 1.54) is 24.3 Å². The van der Waals surface area contributed by atoms with Crippen LogP contribution < -0.4 is 5.32 Å². The highest BCUT2D eigenvalue weighted by atomic mass is 32.2. The Morgan fingerprint density at radius 1 is 1.15 bits per heavy atom. The Morgan fingerprint density at radius 3 is 2.35 bits per heavy atom. The molecule has 0 bridgehead atoms. The van der Waals surface area contributed by atoms with E-state index in [0.29, 0.717) is 12.0 Å². The summed E-state index contributed by atoms with van der Waals surface area (Å²) in [7, 11) is -3.11. The van der Waals surface area contributed by atoms with Crippen LogP contribution in [0.3, 0.4) is 0 Å². The van der Waals surface area contributed by atoms with Crippen LogP contribution in [0.25, 0.3) is 6.08 Å². The lowest BCUT2D eigenvalue weighted by Crippen LogP contribution is -2.47. The first kappa shape index (κ1) is 31.8. The van der Waals surface area contributed by atoms with Crippen LogP contribution >= 0.6 is 0 Å². The molecule has 1 aliphatic rings. The molecule has 11 heteroatoms. The lowest BCUT2D eigenvalue weighted by atomic mass is 9.88. The number of aliphatic hydroxyl groups is 1. The molecule has 0 fully saturated rings. The summed E-state index contributed by atoms with van der Waals surface area (Å²) in [4.78, 5) is 10.1. The van der Waals surface area contributed by atoms with Gasteiger partial charge in [-0.15, -0.1) is 0 Å². The second kappa shape index (κ2) is 12.8. The zero-order chi connectivity index (χ0) is 29.7. The number of allylic oxidation sites excluding steroid dienone is 1. The number of rotatable bonds is 13. The van der Waals surface area contributed by atoms with Crippen molar-refractivity contribution in [2.45, 2.75) is 68.7 Å². The quantitative estimate of drug-likeness (QED) is 0.315. The van der Waals surface area contributed by atoms with Crippen molar-refractivity contribution in [3.8, 4) is 0 Å². The topological polar surface area (TPSA) is 107 Å². The average molecular weight is 583 g/mol. The number of hydrogen-bond donors (Lipinski definition) is 3. The summed E-state index contributed by atoms with van der Waals surface area (Å²) in [6, 6.07) is 11.0. The van der Waals surface area contributed by atoms with Gasteiger partial charge in [-0.3, -0.25) is 4.79 Å². The van der Waals surface area contributed by atoms with E-state index in [9.17, 15) is 31.5 Å². The molecule has 3 N–H and O–H groups in total. The normalized spacial score (nSPS) is 15.6. The Labute approximate surface area is 233 Å². The molecule has 0 saturated carbocycles. The van der Waals surface area contributed by atoms with Crippen LogP contribution in [0.5, 0.6) is 0 Å². The minimum atomic E-state index is -4.83. The van der Waals surface area contributed by atoms with Gasteiger partial charge in [-0.2, -0.15) is 17.5 Å². The average Bonchev–Trinajstić information content (AvgIpc) is 3.26. The van der Waals surface area contributed by atoms with Crippen LogP contribution in [-0.2, 0) is 33.8 Å². The molecule has 0 amide bonds. The number of hydrogen-bond acceptors (Lipinski definition) is 5. The fourth-order valence-electron chi connectivity index (χ4n) is 5.13. The summed E-state index contributed by atoms with van der Waals surface area (Å²) in [5.41, 5.74) is 0.973. The fourth-order valence-corrected chi connectivity index (χ4v) is 6.36. The number of β-amino-alcohol motifs (C(OH)–C–C–N with tert-alkyl or cyclic N) is 1. The molecule has 40 heavy (non-hydrogen) atoms. The summed E-state index contributed by atoms with van der Waals surface area (Å²) in [6.07, 6.45) is -0.846. The Kier molecular flexibility index (Phi) is 10.2. The number of alkyl halides is 3. The predicted molar refractivity (Wildman–Crippen MR) is 147 cm³/mol. The lowest BCUT2D eigenvalue weighted by Gasteiger charge is -2.31. The van der Waals surface area contributed by atoms with E-state index in [2.05, 4.69) is 17.4 Å². The van der Waals surface area contributed by atoms with Gasteiger partial charge in [-0.1, -0.05) is 42.5 Å². The molecule has 0 heterocycles. The number of aliphatic hydroxyl groups excluding tert-OH is 1. The van der Waals surface area contributed by atoms with Crippen molar-refractivity contribution in [1.29, 1.82) is 0 Å².